The average molecular weight is 643 g/mol. The molecule has 46 heavy (non-hydrogen) atoms. The number of carbonyl (C=O) groups excluding carboxylic acids is 2. The highest BCUT2D eigenvalue weighted by Crippen LogP contribution is 2.34. The minimum atomic E-state index is -4.48. The molecule has 10 nitrogen and oxygen atoms in total. The van der Waals surface area contributed by atoms with Crippen molar-refractivity contribution in [3.05, 3.63) is 77.4 Å². The first-order valence-corrected chi connectivity index (χ1v) is 14.9. The number of carbonyl (C=O) groups is 2. The second-order valence-electron chi connectivity index (χ2n) is 11.7. The van der Waals surface area contributed by atoms with E-state index in [9.17, 15) is 27.9 Å². The van der Waals surface area contributed by atoms with E-state index in [-0.39, 0.29) is 43.4 Å². The highest BCUT2D eigenvalue weighted by atomic mass is 19.4. The molecule has 3 aromatic rings. The second kappa shape index (κ2) is 13.9. The monoisotopic (exact) mass is 642 g/mol. The van der Waals surface area contributed by atoms with Crippen molar-refractivity contribution in [3.8, 4) is 17.2 Å². The number of anilines is 2. The fraction of sp³-hybridized carbons (Fsp3) is 0.394. The maximum absolute atomic E-state index is 13.5. The van der Waals surface area contributed by atoms with Crippen molar-refractivity contribution < 1.29 is 42.1 Å². The van der Waals surface area contributed by atoms with Gasteiger partial charge in [-0.25, -0.2) is 4.79 Å². The van der Waals surface area contributed by atoms with Crippen molar-refractivity contribution in [1.82, 2.24) is 9.80 Å². The van der Waals surface area contributed by atoms with E-state index in [0.717, 1.165) is 17.7 Å². The molecule has 0 radical (unpaired) electrons. The number of benzene rings is 3. The lowest BCUT2D eigenvalue weighted by molar-refractivity contribution is -0.137. The van der Waals surface area contributed by atoms with Gasteiger partial charge in [-0.15, -0.1) is 0 Å². The number of ether oxygens (including phenoxy) is 3. The molecule has 5 rings (SSSR count). The van der Waals surface area contributed by atoms with Gasteiger partial charge in [-0.3, -0.25) is 9.69 Å². The number of halogens is 3. The van der Waals surface area contributed by atoms with E-state index in [0.29, 0.717) is 48.1 Å². The number of nitrogens with one attached hydrogen (secondary N) is 2. The van der Waals surface area contributed by atoms with Crippen LogP contribution in [0.3, 0.4) is 0 Å². The standard InChI is InChI=1S/C33H37F3N4O6/c1-20-15-40(21(2)18-41)31(42)14-23-13-26(38-32(43)37-25-7-5-24(6-8-25)33(34,35)36)9-11-27(23)46-30(20)17-39(3)16-22-4-10-28-29(12-22)45-19-44-28/h4-13,20-21,30,41H,14-19H2,1-3H3,(H2,37,38,43)/t20-,21+,30+/m0/s1. The van der Waals surface area contributed by atoms with Crippen LogP contribution >= 0.6 is 0 Å². The van der Waals surface area contributed by atoms with Crippen LogP contribution in [-0.4, -0.2) is 72.5 Å². The van der Waals surface area contributed by atoms with Crippen molar-refractivity contribution in [1.29, 1.82) is 0 Å². The maximum atomic E-state index is 13.5. The summed E-state index contributed by atoms with van der Waals surface area (Å²) in [6.07, 6.45) is -4.84. The highest BCUT2D eigenvalue weighted by molar-refractivity contribution is 6.00. The number of aliphatic hydroxyl groups excluding tert-OH is 1. The van der Waals surface area contributed by atoms with E-state index in [1.165, 1.54) is 12.1 Å². The molecule has 0 bridgehead atoms. The molecule has 13 heteroatoms. The molecule has 0 saturated carbocycles. The van der Waals surface area contributed by atoms with Crippen molar-refractivity contribution in [2.24, 2.45) is 5.92 Å². The van der Waals surface area contributed by atoms with Gasteiger partial charge >= 0.3 is 12.2 Å². The van der Waals surface area contributed by atoms with E-state index in [1.54, 1.807) is 30.0 Å². The van der Waals surface area contributed by atoms with Crippen molar-refractivity contribution >= 4 is 23.3 Å². The molecule has 0 fully saturated rings. The molecule has 246 valence electrons. The Balaban J connectivity index is 1.33. The Labute approximate surface area is 265 Å². The van der Waals surface area contributed by atoms with Gasteiger partial charge in [0.05, 0.1) is 24.6 Å². The predicted octanol–water partition coefficient (Wildman–Crippen LogP) is 5.36. The molecular weight excluding hydrogens is 605 g/mol. The summed E-state index contributed by atoms with van der Waals surface area (Å²) < 4.78 is 56.1. The van der Waals surface area contributed by atoms with Crippen molar-refractivity contribution in [2.45, 2.75) is 45.1 Å². The molecule has 3 N–H and O–H groups in total. The van der Waals surface area contributed by atoms with Crippen LogP contribution in [0.1, 0.15) is 30.5 Å². The molecule has 0 aromatic heterocycles. The Kier molecular flexibility index (Phi) is 9.92. The highest BCUT2D eigenvalue weighted by Gasteiger charge is 2.32. The Morgan fingerprint density at radius 3 is 2.41 bits per heavy atom. The van der Waals surface area contributed by atoms with Crippen LogP contribution in [0, 0.1) is 5.92 Å². The SMILES string of the molecule is C[C@H](CO)N1C[C@H](C)[C@@H](CN(C)Cc2ccc3c(c2)OCO3)Oc2ccc(NC(=O)Nc3ccc(C(F)(F)F)cc3)cc2CC1=O. The molecule has 3 aromatic carbocycles. The van der Waals surface area contributed by atoms with Crippen LogP contribution in [0.2, 0.25) is 0 Å². The van der Waals surface area contributed by atoms with Crippen molar-refractivity contribution in [3.63, 3.8) is 0 Å². The molecule has 0 spiro atoms. The summed E-state index contributed by atoms with van der Waals surface area (Å²) in [6.45, 7) is 5.31. The summed E-state index contributed by atoms with van der Waals surface area (Å²) in [6, 6.07) is 13.8. The molecule has 0 saturated heterocycles. The molecule has 0 unspecified atom stereocenters. The normalized spacial score (nSPS) is 18.6. The van der Waals surface area contributed by atoms with Crippen LogP contribution in [0.5, 0.6) is 17.2 Å². The lowest BCUT2D eigenvalue weighted by Crippen LogP contribution is -2.47. The molecule has 3 amide bonds. The summed E-state index contributed by atoms with van der Waals surface area (Å²) in [5.41, 5.74) is 1.31. The third kappa shape index (κ3) is 8.01. The number of urea groups is 1. The van der Waals surface area contributed by atoms with E-state index in [4.69, 9.17) is 14.2 Å². The fourth-order valence-electron chi connectivity index (χ4n) is 5.48. The largest absolute Gasteiger partial charge is 0.488 e. The number of alkyl halides is 3. The van der Waals surface area contributed by atoms with Gasteiger partial charge in [0.2, 0.25) is 12.7 Å². The number of hydrogen-bond donors (Lipinski definition) is 3. The van der Waals surface area contributed by atoms with E-state index in [1.807, 2.05) is 32.2 Å². The topological polar surface area (TPSA) is 113 Å². The number of amides is 3. The van der Waals surface area contributed by atoms with Crippen LogP contribution in [0.25, 0.3) is 0 Å². The Morgan fingerprint density at radius 1 is 1.02 bits per heavy atom. The van der Waals surface area contributed by atoms with Gasteiger partial charge in [0.1, 0.15) is 11.9 Å². The van der Waals surface area contributed by atoms with Gasteiger partial charge in [-0.2, -0.15) is 13.2 Å². The van der Waals surface area contributed by atoms with E-state index in [2.05, 4.69) is 15.5 Å². The van der Waals surface area contributed by atoms with Gasteiger partial charge in [0, 0.05) is 42.5 Å². The van der Waals surface area contributed by atoms with Gasteiger partial charge in [0.15, 0.2) is 11.5 Å². The molecule has 2 aliphatic heterocycles. The molecule has 2 aliphatic rings. The Hall–Kier alpha value is -4.49. The van der Waals surface area contributed by atoms with Crippen LogP contribution < -0.4 is 24.8 Å². The number of fused-ring (bicyclic) bond motifs is 2. The van der Waals surface area contributed by atoms with E-state index < -0.39 is 23.8 Å². The average Bonchev–Trinajstić information content (AvgIpc) is 3.48. The first-order chi connectivity index (χ1) is 21.9. The third-order valence-electron chi connectivity index (χ3n) is 8.03. The number of aliphatic hydroxyl groups is 1. The summed E-state index contributed by atoms with van der Waals surface area (Å²) in [5.74, 6) is 1.62. The number of nitrogens with zero attached hydrogens (tertiary/aromatic N) is 2. The van der Waals surface area contributed by atoms with Gasteiger partial charge in [-0.1, -0.05) is 13.0 Å². The maximum Gasteiger partial charge on any atom is 0.416 e. The zero-order valence-electron chi connectivity index (χ0n) is 25.8. The Bertz CT molecular complexity index is 1550. The summed E-state index contributed by atoms with van der Waals surface area (Å²) in [5, 5.41) is 15.1. The number of likely N-dealkylation sites (N-methyl/N-ethyl adjacent to an activating group) is 1. The van der Waals surface area contributed by atoms with Crippen molar-refractivity contribution in [2.75, 3.05) is 44.2 Å². The smallest absolute Gasteiger partial charge is 0.416 e. The summed E-state index contributed by atoms with van der Waals surface area (Å²) in [7, 11) is 1.98. The van der Waals surface area contributed by atoms with Gasteiger partial charge in [-0.05, 0) is 74.1 Å². The van der Waals surface area contributed by atoms with Gasteiger partial charge in [0.25, 0.3) is 0 Å². The Morgan fingerprint density at radius 2 is 1.70 bits per heavy atom. The van der Waals surface area contributed by atoms with E-state index >= 15 is 0 Å². The van der Waals surface area contributed by atoms with Crippen LogP contribution in [0.15, 0.2) is 60.7 Å². The quantitative estimate of drug-likeness (QED) is 0.303. The second-order valence-corrected chi connectivity index (χ2v) is 11.7. The molecule has 3 atom stereocenters. The third-order valence-corrected chi connectivity index (χ3v) is 8.03. The zero-order chi connectivity index (χ0) is 33.0. The molecule has 2 heterocycles. The summed E-state index contributed by atoms with van der Waals surface area (Å²) >= 11 is 0. The lowest BCUT2D eigenvalue weighted by atomic mass is 10.0. The van der Waals surface area contributed by atoms with Crippen LogP contribution in [0.4, 0.5) is 29.3 Å². The van der Waals surface area contributed by atoms with Crippen LogP contribution in [-0.2, 0) is 23.9 Å². The van der Waals surface area contributed by atoms with Gasteiger partial charge < -0.3 is 34.9 Å². The molecule has 0 aliphatic carbocycles. The molecular formula is C33H37F3N4O6. The zero-order valence-corrected chi connectivity index (χ0v) is 25.8. The summed E-state index contributed by atoms with van der Waals surface area (Å²) in [4.78, 5) is 30.0. The number of hydrogen-bond acceptors (Lipinski definition) is 7. The first kappa shape index (κ1) is 32.9. The number of rotatable bonds is 8. The fourth-order valence-corrected chi connectivity index (χ4v) is 5.48. The minimum Gasteiger partial charge on any atom is -0.488 e. The minimum absolute atomic E-state index is 0.0256. The lowest BCUT2D eigenvalue weighted by Gasteiger charge is -2.34. The predicted molar refractivity (Wildman–Crippen MR) is 165 cm³/mol. The first-order valence-electron chi connectivity index (χ1n) is 14.9.